The Morgan fingerprint density at radius 2 is 1.76 bits per heavy atom. The van der Waals surface area contributed by atoms with E-state index < -0.39 is 19.7 Å². The Morgan fingerprint density at radius 3 is 2.38 bits per heavy atom. The highest BCUT2D eigenvalue weighted by Gasteiger charge is 2.27. The summed E-state index contributed by atoms with van der Waals surface area (Å²) in [6, 6.07) is 8.14. The fraction of sp³-hybridized carbons (Fsp3) is 0.222. The molecule has 8 nitrogen and oxygen atoms in total. The molecule has 150 valence electrons. The van der Waals surface area contributed by atoms with E-state index in [2.05, 4.69) is 20.2 Å². The fourth-order valence-corrected chi connectivity index (χ4v) is 5.10. The topological polar surface area (TPSA) is 118 Å². The van der Waals surface area contributed by atoms with Crippen LogP contribution in [-0.2, 0) is 26.1 Å². The molecule has 2 aromatic carbocycles. The summed E-state index contributed by atoms with van der Waals surface area (Å²) >= 11 is 6.49. The summed E-state index contributed by atoms with van der Waals surface area (Å²) < 4.78 is 48.5. The number of halogens is 1. The van der Waals surface area contributed by atoms with Gasteiger partial charge in [-0.3, -0.25) is 0 Å². The van der Waals surface area contributed by atoms with Crippen LogP contribution in [0.2, 0.25) is 5.02 Å². The smallest absolute Gasteiger partial charge is 0.189 e. The lowest BCUT2D eigenvalue weighted by Crippen LogP contribution is -2.12. The van der Waals surface area contributed by atoms with Crippen molar-refractivity contribution in [1.29, 1.82) is 0 Å². The molecule has 2 aromatic rings. The molecule has 0 atom stereocenters. The van der Waals surface area contributed by atoms with Crippen molar-refractivity contribution >= 4 is 47.8 Å². The van der Waals surface area contributed by atoms with E-state index in [-0.39, 0.29) is 28.9 Å². The van der Waals surface area contributed by atoms with Crippen molar-refractivity contribution in [2.45, 2.75) is 11.3 Å². The highest BCUT2D eigenvalue weighted by Crippen LogP contribution is 2.40. The SMILES string of the molecule is CS(=O)(=O)C1=Nc2cc(Cl)c(-c3cccc(S(C)(=O)=O)c3C3=NCN=N3)cc2C1. The van der Waals surface area contributed by atoms with Crippen LogP contribution in [0.3, 0.4) is 0 Å². The molecule has 0 aromatic heterocycles. The monoisotopic (exact) mass is 450 g/mol. The predicted octanol–water partition coefficient (Wildman–Crippen LogP) is 3.21. The third-order valence-corrected chi connectivity index (χ3v) is 7.12. The molecule has 29 heavy (non-hydrogen) atoms. The van der Waals surface area contributed by atoms with Crippen LogP contribution < -0.4 is 0 Å². The van der Waals surface area contributed by atoms with Crippen LogP contribution in [0.5, 0.6) is 0 Å². The zero-order valence-electron chi connectivity index (χ0n) is 15.4. The number of fused-ring (bicyclic) bond motifs is 1. The number of amidine groups is 1. The first-order valence-electron chi connectivity index (χ1n) is 8.41. The average Bonchev–Trinajstić information content (AvgIpc) is 3.28. The van der Waals surface area contributed by atoms with Gasteiger partial charge in [0, 0.05) is 30.1 Å². The van der Waals surface area contributed by atoms with Crippen LogP contribution in [0.15, 0.2) is 55.4 Å². The van der Waals surface area contributed by atoms with E-state index in [9.17, 15) is 16.8 Å². The number of hydrogen-bond acceptors (Lipinski definition) is 8. The van der Waals surface area contributed by atoms with Crippen molar-refractivity contribution in [3.8, 4) is 11.1 Å². The van der Waals surface area contributed by atoms with E-state index in [0.717, 1.165) is 12.5 Å². The molecule has 2 aliphatic rings. The van der Waals surface area contributed by atoms with Gasteiger partial charge in [-0.25, -0.2) is 26.8 Å². The van der Waals surface area contributed by atoms with Crippen LogP contribution in [-0.4, -0.2) is 46.9 Å². The minimum absolute atomic E-state index is 0.0687. The van der Waals surface area contributed by atoms with Crippen LogP contribution in [0.1, 0.15) is 11.1 Å². The van der Waals surface area contributed by atoms with E-state index in [0.29, 0.717) is 33.0 Å². The molecule has 11 heteroatoms. The molecule has 2 aliphatic heterocycles. The fourth-order valence-electron chi connectivity index (χ4n) is 3.26. The van der Waals surface area contributed by atoms with Gasteiger partial charge in [-0.1, -0.05) is 23.7 Å². The first kappa shape index (κ1) is 19.9. The Kier molecular flexibility index (Phi) is 4.67. The molecule has 0 amide bonds. The second kappa shape index (κ2) is 6.82. The molecular formula is C18H15ClN4O4S2. The van der Waals surface area contributed by atoms with Gasteiger partial charge in [0.05, 0.1) is 15.6 Å². The van der Waals surface area contributed by atoms with E-state index in [1.165, 1.54) is 6.07 Å². The number of nitrogens with zero attached hydrogens (tertiary/aromatic N) is 4. The standard InChI is InChI=1S/C18H15ClN4O4S2/c1-28(24,25)15-5-3-4-11(17(15)18-20-9-21-23-18)12-6-10-7-16(29(2,26)27)22-14(10)8-13(12)19/h3-6,8H,7,9H2,1-2H3. The van der Waals surface area contributed by atoms with Gasteiger partial charge in [-0.15, -0.1) is 5.11 Å². The van der Waals surface area contributed by atoms with Gasteiger partial charge >= 0.3 is 0 Å². The Bertz CT molecular complexity index is 1360. The number of hydrogen-bond donors (Lipinski definition) is 0. The first-order valence-corrected chi connectivity index (χ1v) is 12.6. The first-order chi connectivity index (χ1) is 13.6. The summed E-state index contributed by atoms with van der Waals surface area (Å²) in [6.07, 6.45) is 2.37. The molecule has 0 saturated heterocycles. The van der Waals surface area contributed by atoms with Crippen LogP contribution >= 0.6 is 11.6 Å². The van der Waals surface area contributed by atoms with Crippen molar-refractivity contribution in [2.24, 2.45) is 20.2 Å². The minimum Gasteiger partial charge on any atom is -0.241 e. The van der Waals surface area contributed by atoms with Crippen molar-refractivity contribution < 1.29 is 16.8 Å². The van der Waals surface area contributed by atoms with Gasteiger partial charge in [0.25, 0.3) is 0 Å². The quantitative estimate of drug-likeness (QED) is 0.713. The van der Waals surface area contributed by atoms with E-state index in [1.807, 2.05) is 0 Å². The number of rotatable bonds is 3. The Labute approximate surface area is 172 Å². The lowest BCUT2D eigenvalue weighted by molar-refractivity contribution is 0.601. The van der Waals surface area contributed by atoms with Gasteiger partial charge in [-0.2, -0.15) is 5.11 Å². The van der Waals surface area contributed by atoms with Gasteiger partial charge in [0.1, 0.15) is 5.04 Å². The number of azo groups is 1. The Hall–Kier alpha value is -2.43. The Morgan fingerprint density at radius 1 is 1.00 bits per heavy atom. The summed E-state index contributed by atoms with van der Waals surface area (Å²) in [7, 11) is -7.01. The highest BCUT2D eigenvalue weighted by atomic mass is 35.5. The summed E-state index contributed by atoms with van der Waals surface area (Å²) in [4.78, 5) is 8.42. The summed E-state index contributed by atoms with van der Waals surface area (Å²) in [5.74, 6) is 0.214. The normalized spacial score (nSPS) is 16.0. The maximum absolute atomic E-state index is 12.4. The zero-order valence-corrected chi connectivity index (χ0v) is 17.8. The molecule has 0 fully saturated rings. The molecule has 0 spiro atoms. The van der Waals surface area contributed by atoms with Crippen LogP contribution in [0.4, 0.5) is 5.69 Å². The average molecular weight is 451 g/mol. The van der Waals surface area contributed by atoms with E-state index in [1.54, 1.807) is 24.3 Å². The van der Waals surface area contributed by atoms with Crippen molar-refractivity contribution in [2.75, 3.05) is 19.2 Å². The third kappa shape index (κ3) is 3.63. The lowest BCUT2D eigenvalue weighted by Gasteiger charge is -2.14. The molecule has 0 unspecified atom stereocenters. The molecule has 0 radical (unpaired) electrons. The number of aliphatic imine (C=N–C) groups is 2. The molecule has 0 saturated carbocycles. The largest absolute Gasteiger partial charge is 0.241 e. The maximum atomic E-state index is 12.4. The number of sulfone groups is 2. The maximum Gasteiger partial charge on any atom is 0.189 e. The third-order valence-electron chi connectivity index (χ3n) is 4.57. The van der Waals surface area contributed by atoms with E-state index in [4.69, 9.17) is 11.6 Å². The summed E-state index contributed by atoms with van der Waals surface area (Å²) in [6.45, 7) is 0.121. The van der Waals surface area contributed by atoms with Gasteiger partial charge in [0.15, 0.2) is 32.2 Å². The minimum atomic E-state index is -3.58. The molecule has 4 rings (SSSR count). The van der Waals surface area contributed by atoms with Crippen LogP contribution in [0.25, 0.3) is 11.1 Å². The molecule has 0 bridgehead atoms. The Balaban J connectivity index is 1.94. The van der Waals surface area contributed by atoms with Gasteiger partial charge < -0.3 is 0 Å². The van der Waals surface area contributed by atoms with E-state index >= 15 is 0 Å². The second-order valence-electron chi connectivity index (χ2n) is 6.73. The van der Waals surface area contributed by atoms with Gasteiger partial charge in [0.2, 0.25) is 0 Å². The molecule has 2 heterocycles. The predicted molar refractivity (Wildman–Crippen MR) is 112 cm³/mol. The lowest BCUT2D eigenvalue weighted by atomic mass is 9.96. The van der Waals surface area contributed by atoms with Crippen molar-refractivity contribution in [3.05, 3.63) is 46.5 Å². The van der Waals surface area contributed by atoms with Crippen molar-refractivity contribution in [3.63, 3.8) is 0 Å². The van der Waals surface area contributed by atoms with Gasteiger partial charge in [-0.05, 0) is 29.3 Å². The zero-order chi connectivity index (χ0) is 21.0. The molecule has 0 aliphatic carbocycles. The molecule has 0 N–H and O–H groups in total. The van der Waals surface area contributed by atoms with Crippen molar-refractivity contribution in [1.82, 2.24) is 0 Å². The second-order valence-corrected chi connectivity index (χ2v) is 11.1. The summed E-state index contributed by atoms with van der Waals surface area (Å²) in [5.41, 5.74) is 2.56. The number of benzene rings is 2. The van der Waals surface area contributed by atoms with Crippen LogP contribution in [0, 0.1) is 0 Å². The summed E-state index contributed by atoms with van der Waals surface area (Å²) in [5, 5.41) is 8.18. The molecular weight excluding hydrogens is 436 g/mol. The highest BCUT2D eigenvalue weighted by molar-refractivity contribution is 8.05.